The third-order valence-corrected chi connectivity index (χ3v) is 4.07. The molecule has 0 fully saturated rings. The van der Waals surface area contributed by atoms with Gasteiger partial charge in [0.15, 0.2) is 6.61 Å². The molecule has 2 aromatic carbocycles. The first-order valence-electron chi connectivity index (χ1n) is 6.26. The Morgan fingerprint density at radius 1 is 1.18 bits per heavy atom. The Morgan fingerprint density at radius 2 is 1.86 bits per heavy atom. The van der Waals surface area contributed by atoms with Gasteiger partial charge in [0.05, 0.1) is 5.69 Å². The van der Waals surface area contributed by atoms with E-state index < -0.39 is 11.7 Å². The van der Waals surface area contributed by atoms with Gasteiger partial charge in [0.2, 0.25) is 0 Å². The van der Waals surface area contributed by atoms with E-state index in [1.54, 1.807) is 30.3 Å². The van der Waals surface area contributed by atoms with E-state index in [4.69, 9.17) is 4.74 Å². The summed E-state index contributed by atoms with van der Waals surface area (Å²) < 4.78 is 31.3. The molecule has 0 heterocycles. The number of ether oxygens (including phenoxy) is 1. The normalized spacial score (nSPS) is 10.5. The van der Waals surface area contributed by atoms with Crippen LogP contribution in [0.5, 0.6) is 5.75 Å². The standard InChI is InChI=1S/C15H12F2INO2S/c16-15(17)22-13-4-2-1-3-12(13)19-14(20)9-21-11-7-5-10(18)6-8-11/h1-8,15H,9H2,(H,19,20). The molecule has 0 saturated carbocycles. The number of alkyl halides is 2. The average molecular weight is 435 g/mol. The average Bonchev–Trinajstić information content (AvgIpc) is 2.48. The maximum Gasteiger partial charge on any atom is 0.288 e. The molecule has 2 rings (SSSR count). The smallest absolute Gasteiger partial charge is 0.288 e. The van der Waals surface area contributed by atoms with Crippen LogP contribution in [0.15, 0.2) is 53.4 Å². The molecule has 1 amide bonds. The van der Waals surface area contributed by atoms with E-state index in [0.717, 1.165) is 3.57 Å². The van der Waals surface area contributed by atoms with Crippen LogP contribution in [-0.4, -0.2) is 18.3 Å². The van der Waals surface area contributed by atoms with Gasteiger partial charge in [0.1, 0.15) is 5.75 Å². The maximum absolute atomic E-state index is 12.5. The number of hydrogen-bond acceptors (Lipinski definition) is 3. The van der Waals surface area contributed by atoms with Crippen LogP contribution in [0, 0.1) is 3.57 Å². The minimum atomic E-state index is -2.54. The summed E-state index contributed by atoms with van der Waals surface area (Å²) >= 11 is 2.56. The molecule has 116 valence electrons. The van der Waals surface area contributed by atoms with Crippen molar-refractivity contribution < 1.29 is 18.3 Å². The van der Waals surface area contributed by atoms with Gasteiger partial charge in [-0.15, -0.1) is 0 Å². The molecule has 0 aromatic heterocycles. The van der Waals surface area contributed by atoms with Gasteiger partial charge in [-0.25, -0.2) is 0 Å². The number of thioether (sulfide) groups is 1. The maximum atomic E-state index is 12.5. The number of anilines is 1. The fourth-order valence-electron chi connectivity index (χ4n) is 1.63. The SMILES string of the molecule is O=C(COc1ccc(I)cc1)Nc1ccccc1SC(F)F. The van der Waals surface area contributed by atoms with Crippen LogP contribution in [-0.2, 0) is 4.79 Å². The van der Waals surface area contributed by atoms with Gasteiger partial charge >= 0.3 is 0 Å². The van der Waals surface area contributed by atoms with Crippen molar-refractivity contribution in [1.82, 2.24) is 0 Å². The summed E-state index contributed by atoms with van der Waals surface area (Å²) in [5.41, 5.74) is 0.351. The lowest BCUT2D eigenvalue weighted by Gasteiger charge is -2.11. The van der Waals surface area contributed by atoms with E-state index in [2.05, 4.69) is 27.9 Å². The zero-order chi connectivity index (χ0) is 15.9. The van der Waals surface area contributed by atoms with Crippen LogP contribution in [0.2, 0.25) is 0 Å². The van der Waals surface area contributed by atoms with E-state index in [1.807, 2.05) is 12.1 Å². The van der Waals surface area contributed by atoms with Crippen molar-refractivity contribution in [2.24, 2.45) is 0 Å². The lowest BCUT2D eigenvalue weighted by Crippen LogP contribution is -2.20. The quantitative estimate of drug-likeness (QED) is 0.532. The fourth-order valence-corrected chi connectivity index (χ4v) is 2.59. The first-order chi connectivity index (χ1) is 10.5. The van der Waals surface area contributed by atoms with Gasteiger partial charge in [-0.2, -0.15) is 8.78 Å². The minimum absolute atomic E-state index is 0.186. The van der Waals surface area contributed by atoms with Crippen molar-refractivity contribution in [2.75, 3.05) is 11.9 Å². The Kier molecular flexibility index (Phi) is 6.44. The molecule has 22 heavy (non-hydrogen) atoms. The Balaban J connectivity index is 1.93. The summed E-state index contributed by atoms with van der Waals surface area (Å²) in [5.74, 6) is -2.37. The molecule has 0 unspecified atom stereocenters. The number of carbonyl (C=O) groups is 1. The first-order valence-corrected chi connectivity index (χ1v) is 8.22. The van der Waals surface area contributed by atoms with Crippen LogP contribution in [0.3, 0.4) is 0 Å². The Bertz CT molecular complexity index is 638. The van der Waals surface area contributed by atoms with Crippen molar-refractivity contribution in [2.45, 2.75) is 10.7 Å². The summed E-state index contributed by atoms with van der Waals surface area (Å²) in [5, 5.41) is 2.58. The molecule has 0 spiro atoms. The third-order valence-electron chi connectivity index (χ3n) is 2.56. The molecular weight excluding hydrogens is 423 g/mol. The predicted octanol–water partition coefficient (Wildman–Crippen LogP) is 4.62. The summed E-state index contributed by atoms with van der Waals surface area (Å²) in [7, 11) is 0. The van der Waals surface area contributed by atoms with Gasteiger partial charge in [-0.3, -0.25) is 4.79 Å². The number of halogens is 3. The van der Waals surface area contributed by atoms with Gasteiger partial charge < -0.3 is 10.1 Å². The highest BCUT2D eigenvalue weighted by Gasteiger charge is 2.12. The van der Waals surface area contributed by atoms with Crippen molar-refractivity contribution in [3.05, 3.63) is 52.1 Å². The van der Waals surface area contributed by atoms with Gasteiger partial charge in [0.25, 0.3) is 11.7 Å². The van der Waals surface area contributed by atoms with Crippen molar-refractivity contribution in [1.29, 1.82) is 0 Å². The molecule has 2 aromatic rings. The number of benzene rings is 2. The van der Waals surface area contributed by atoms with Gasteiger partial charge in [0, 0.05) is 8.47 Å². The molecule has 0 saturated heterocycles. The molecular formula is C15H12F2INO2S. The van der Waals surface area contributed by atoms with E-state index in [-0.39, 0.29) is 6.61 Å². The summed E-state index contributed by atoms with van der Waals surface area (Å²) in [6, 6.07) is 13.7. The second-order valence-electron chi connectivity index (χ2n) is 4.17. The summed E-state index contributed by atoms with van der Waals surface area (Å²) in [6.07, 6.45) is 0. The largest absolute Gasteiger partial charge is 0.484 e. The monoisotopic (exact) mass is 435 g/mol. The Morgan fingerprint density at radius 3 is 2.55 bits per heavy atom. The second-order valence-corrected chi connectivity index (χ2v) is 6.44. The molecule has 0 radical (unpaired) electrons. The zero-order valence-corrected chi connectivity index (χ0v) is 14.2. The van der Waals surface area contributed by atoms with Crippen LogP contribution in [0.25, 0.3) is 0 Å². The van der Waals surface area contributed by atoms with Crippen LogP contribution in [0.4, 0.5) is 14.5 Å². The van der Waals surface area contributed by atoms with E-state index >= 15 is 0 Å². The number of amides is 1. The van der Waals surface area contributed by atoms with Gasteiger partial charge in [-0.1, -0.05) is 23.9 Å². The highest BCUT2D eigenvalue weighted by atomic mass is 127. The molecule has 0 bridgehead atoms. The Hall–Kier alpha value is -1.35. The number of rotatable bonds is 6. The highest BCUT2D eigenvalue weighted by Crippen LogP contribution is 2.31. The minimum Gasteiger partial charge on any atom is -0.484 e. The van der Waals surface area contributed by atoms with E-state index in [0.29, 0.717) is 28.1 Å². The molecule has 0 aliphatic heterocycles. The van der Waals surface area contributed by atoms with Crippen molar-refractivity contribution in [3.8, 4) is 5.75 Å². The van der Waals surface area contributed by atoms with Crippen LogP contribution in [0.1, 0.15) is 0 Å². The van der Waals surface area contributed by atoms with Gasteiger partial charge in [-0.05, 0) is 59.0 Å². The number of carbonyl (C=O) groups excluding carboxylic acids is 1. The number of para-hydroxylation sites is 1. The molecule has 0 atom stereocenters. The molecule has 1 N–H and O–H groups in total. The molecule has 7 heteroatoms. The number of hydrogen-bond donors (Lipinski definition) is 1. The number of nitrogens with one attached hydrogen (secondary N) is 1. The molecule has 0 aliphatic carbocycles. The second kappa shape index (κ2) is 8.33. The van der Waals surface area contributed by atoms with Crippen molar-refractivity contribution >= 4 is 45.9 Å². The highest BCUT2D eigenvalue weighted by molar-refractivity contribution is 14.1. The zero-order valence-electron chi connectivity index (χ0n) is 11.3. The predicted molar refractivity (Wildman–Crippen MR) is 91.6 cm³/mol. The summed E-state index contributed by atoms with van der Waals surface area (Å²) in [6.45, 7) is -0.186. The van der Waals surface area contributed by atoms with E-state index in [9.17, 15) is 13.6 Å². The lowest BCUT2D eigenvalue weighted by atomic mass is 10.3. The fraction of sp³-hybridized carbons (Fsp3) is 0.133. The molecule has 3 nitrogen and oxygen atoms in total. The summed E-state index contributed by atoms with van der Waals surface area (Å²) in [4.78, 5) is 12.2. The van der Waals surface area contributed by atoms with Crippen molar-refractivity contribution in [3.63, 3.8) is 0 Å². The lowest BCUT2D eigenvalue weighted by molar-refractivity contribution is -0.118. The van der Waals surface area contributed by atoms with Crippen LogP contribution < -0.4 is 10.1 Å². The van der Waals surface area contributed by atoms with E-state index in [1.165, 1.54) is 6.07 Å². The van der Waals surface area contributed by atoms with Crippen LogP contribution >= 0.6 is 34.4 Å². The Labute approximate surface area is 144 Å². The molecule has 0 aliphatic rings. The first kappa shape index (κ1) is 17.0. The third kappa shape index (κ3) is 5.45. The topological polar surface area (TPSA) is 38.3 Å².